The lowest BCUT2D eigenvalue weighted by atomic mass is 10.1. The van der Waals surface area contributed by atoms with Crippen molar-refractivity contribution in [3.05, 3.63) is 65.5 Å². The number of ether oxygens (including phenoxy) is 1. The van der Waals surface area contributed by atoms with Crippen molar-refractivity contribution in [2.75, 3.05) is 31.1 Å². The lowest BCUT2D eigenvalue weighted by Gasteiger charge is -2.33. The maximum absolute atomic E-state index is 13.1. The molecule has 2 saturated heterocycles. The summed E-state index contributed by atoms with van der Waals surface area (Å²) in [7, 11) is 0. The van der Waals surface area contributed by atoms with Crippen molar-refractivity contribution in [1.82, 2.24) is 4.90 Å². The van der Waals surface area contributed by atoms with Gasteiger partial charge in [-0.1, -0.05) is 12.1 Å². The van der Waals surface area contributed by atoms with Crippen molar-refractivity contribution in [3.63, 3.8) is 0 Å². The molecule has 2 aromatic rings. The van der Waals surface area contributed by atoms with E-state index in [1.54, 1.807) is 34.1 Å². The van der Waals surface area contributed by atoms with E-state index in [0.29, 0.717) is 31.7 Å². The highest BCUT2D eigenvalue weighted by Gasteiger charge is 2.27. The van der Waals surface area contributed by atoms with Crippen LogP contribution in [0.5, 0.6) is 0 Å². The fourth-order valence-electron chi connectivity index (χ4n) is 3.60. The number of nitrogens with zero attached hydrogens (tertiary/aromatic N) is 2. The van der Waals surface area contributed by atoms with Crippen molar-refractivity contribution >= 4 is 17.5 Å². The first-order valence-corrected chi connectivity index (χ1v) is 9.18. The Morgan fingerprint density at radius 2 is 1.78 bits per heavy atom. The molecule has 2 aliphatic heterocycles. The van der Waals surface area contributed by atoms with Crippen LogP contribution < -0.4 is 4.90 Å². The Morgan fingerprint density at radius 3 is 2.44 bits per heavy atom. The summed E-state index contributed by atoms with van der Waals surface area (Å²) in [5, 5.41) is 0. The second-order valence-electron chi connectivity index (χ2n) is 6.86. The van der Waals surface area contributed by atoms with Gasteiger partial charge in [0.1, 0.15) is 11.9 Å². The van der Waals surface area contributed by atoms with Crippen molar-refractivity contribution < 1.29 is 18.7 Å². The van der Waals surface area contributed by atoms with Crippen LogP contribution in [-0.4, -0.2) is 43.0 Å². The van der Waals surface area contributed by atoms with Gasteiger partial charge in [0.25, 0.3) is 5.91 Å². The Labute approximate surface area is 157 Å². The van der Waals surface area contributed by atoms with Gasteiger partial charge in [0.15, 0.2) is 0 Å². The molecule has 2 heterocycles. The first-order chi connectivity index (χ1) is 13.1. The number of rotatable bonds is 3. The average Bonchev–Trinajstić information content (AvgIpc) is 3.14. The molecule has 0 N–H and O–H groups in total. The second kappa shape index (κ2) is 7.48. The van der Waals surface area contributed by atoms with Crippen molar-refractivity contribution in [1.29, 1.82) is 0 Å². The third-order valence-electron chi connectivity index (χ3n) is 5.09. The van der Waals surface area contributed by atoms with Crippen LogP contribution in [0.2, 0.25) is 0 Å². The van der Waals surface area contributed by atoms with Crippen LogP contribution in [0, 0.1) is 5.82 Å². The summed E-state index contributed by atoms with van der Waals surface area (Å²) in [5.41, 5.74) is 2.28. The van der Waals surface area contributed by atoms with Gasteiger partial charge in [0, 0.05) is 30.8 Å². The fraction of sp³-hybridized carbons (Fsp3) is 0.333. The number of hydrogen-bond donors (Lipinski definition) is 0. The molecule has 0 radical (unpaired) electrons. The molecule has 4 rings (SSSR count). The van der Waals surface area contributed by atoms with E-state index in [1.165, 1.54) is 12.1 Å². The standard InChI is InChI=1S/C21H21FN2O3/c22-17-7-3-15(4-8-17)19-14-23(12-13-27-19)21(26)16-5-9-18(10-6-16)24-11-1-2-20(24)25/h3-10,19H,1-2,11-14H2. The fourth-order valence-corrected chi connectivity index (χ4v) is 3.60. The number of benzene rings is 2. The van der Waals surface area contributed by atoms with Crippen LogP contribution in [0.4, 0.5) is 10.1 Å². The maximum Gasteiger partial charge on any atom is 0.254 e. The normalized spacial score (nSPS) is 20.2. The van der Waals surface area contributed by atoms with Gasteiger partial charge in [-0.15, -0.1) is 0 Å². The van der Waals surface area contributed by atoms with E-state index >= 15 is 0 Å². The first kappa shape index (κ1) is 17.7. The molecule has 5 nitrogen and oxygen atoms in total. The summed E-state index contributed by atoms with van der Waals surface area (Å²) in [6.45, 7) is 2.11. The lowest BCUT2D eigenvalue weighted by molar-refractivity contribution is -0.117. The lowest BCUT2D eigenvalue weighted by Crippen LogP contribution is -2.42. The van der Waals surface area contributed by atoms with E-state index in [4.69, 9.17) is 4.74 Å². The number of carbonyl (C=O) groups excluding carboxylic acids is 2. The van der Waals surface area contributed by atoms with E-state index in [1.807, 2.05) is 12.1 Å². The van der Waals surface area contributed by atoms with E-state index in [-0.39, 0.29) is 23.7 Å². The zero-order valence-corrected chi connectivity index (χ0v) is 14.9. The van der Waals surface area contributed by atoms with Crippen LogP contribution in [0.1, 0.15) is 34.9 Å². The van der Waals surface area contributed by atoms with Crippen molar-refractivity contribution in [2.24, 2.45) is 0 Å². The van der Waals surface area contributed by atoms with Crippen LogP contribution >= 0.6 is 0 Å². The molecule has 0 bridgehead atoms. The summed E-state index contributed by atoms with van der Waals surface area (Å²) in [6.07, 6.45) is 1.20. The Kier molecular flexibility index (Phi) is 4.90. The SMILES string of the molecule is O=C(c1ccc(N2CCCC2=O)cc1)N1CCOC(c2ccc(F)cc2)C1. The topological polar surface area (TPSA) is 49.9 Å². The number of hydrogen-bond acceptors (Lipinski definition) is 3. The van der Waals surface area contributed by atoms with Gasteiger partial charge in [-0.25, -0.2) is 4.39 Å². The van der Waals surface area contributed by atoms with Gasteiger partial charge < -0.3 is 14.5 Å². The molecular formula is C21H21FN2O3. The monoisotopic (exact) mass is 368 g/mol. The van der Waals surface area contributed by atoms with Gasteiger partial charge in [0.2, 0.25) is 5.91 Å². The summed E-state index contributed by atoms with van der Waals surface area (Å²) in [4.78, 5) is 28.2. The van der Waals surface area contributed by atoms with Gasteiger partial charge in [-0.05, 0) is 48.4 Å². The molecule has 27 heavy (non-hydrogen) atoms. The summed E-state index contributed by atoms with van der Waals surface area (Å²) in [6, 6.07) is 13.4. The largest absolute Gasteiger partial charge is 0.370 e. The minimum Gasteiger partial charge on any atom is -0.370 e. The molecule has 0 saturated carbocycles. The van der Waals surface area contributed by atoms with Crippen LogP contribution in [0.3, 0.4) is 0 Å². The number of carbonyl (C=O) groups is 2. The maximum atomic E-state index is 13.1. The highest BCUT2D eigenvalue weighted by atomic mass is 19.1. The van der Waals surface area contributed by atoms with Gasteiger partial charge in [-0.2, -0.15) is 0 Å². The Hall–Kier alpha value is -2.73. The highest BCUT2D eigenvalue weighted by molar-refractivity contribution is 5.97. The first-order valence-electron chi connectivity index (χ1n) is 9.18. The van der Waals surface area contributed by atoms with Gasteiger partial charge in [-0.3, -0.25) is 9.59 Å². The van der Waals surface area contributed by atoms with Crippen LogP contribution in [0.15, 0.2) is 48.5 Å². The summed E-state index contributed by atoms with van der Waals surface area (Å²) < 4.78 is 18.9. The van der Waals surface area contributed by atoms with Crippen LogP contribution in [-0.2, 0) is 9.53 Å². The minimum absolute atomic E-state index is 0.0651. The van der Waals surface area contributed by atoms with Crippen LogP contribution in [0.25, 0.3) is 0 Å². The smallest absolute Gasteiger partial charge is 0.254 e. The number of halogens is 1. The average molecular weight is 368 g/mol. The predicted molar refractivity (Wildman–Crippen MR) is 99.0 cm³/mol. The minimum atomic E-state index is -0.293. The van der Waals surface area contributed by atoms with Gasteiger partial charge in [0.05, 0.1) is 13.2 Å². The number of morpholine rings is 1. The zero-order chi connectivity index (χ0) is 18.8. The molecule has 2 aromatic carbocycles. The molecule has 2 aliphatic rings. The third-order valence-corrected chi connectivity index (χ3v) is 5.09. The molecule has 2 fully saturated rings. The van der Waals surface area contributed by atoms with Crippen molar-refractivity contribution in [2.45, 2.75) is 18.9 Å². The second-order valence-corrected chi connectivity index (χ2v) is 6.86. The quantitative estimate of drug-likeness (QED) is 0.836. The number of anilines is 1. The summed E-state index contributed by atoms with van der Waals surface area (Å²) in [5.74, 6) is -0.229. The molecule has 6 heteroatoms. The number of amides is 2. The van der Waals surface area contributed by atoms with Crippen molar-refractivity contribution in [3.8, 4) is 0 Å². The van der Waals surface area contributed by atoms with E-state index in [0.717, 1.165) is 24.2 Å². The molecule has 0 aliphatic carbocycles. The molecule has 1 unspecified atom stereocenters. The Bertz CT molecular complexity index is 836. The van der Waals surface area contributed by atoms with E-state index in [2.05, 4.69) is 0 Å². The highest BCUT2D eigenvalue weighted by Crippen LogP contribution is 2.25. The molecule has 140 valence electrons. The predicted octanol–water partition coefficient (Wildman–Crippen LogP) is 3.17. The van der Waals surface area contributed by atoms with E-state index < -0.39 is 0 Å². The Balaban J connectivity index is 1.45. The molecule has 0 aromatic heterocycles. The Morgan fingerprint density at radius 1 is 1.04 bits per heavy atom. The van der Waals surface area contributed by atoms with E-state index in [9.17, 15) is 14.0 Å². The molecule has 0 spiro atoms. The third kappa shape index (κ3) is 3.71. The summed E-state index contributed by atoms with van der Waals surface area (Å²) >= 11 is 0. The molecule has 2 amide bonds. The molecular weight excluding hydrogens is 347 g/mol. The van der Waals surface area contributed by atoms with Gasteiger partial charge >= 0.3 is 0 Å². The zero-order valence-electron chi connectivity index (χ0n) is 14.9. The molecule has 1 atom stereocenters.